The molecular formula is C16H27N3O2. The van der Waals surface area contributed by atoms with Crippen LogP contribution in [0.3, 0.4) is 0 Å². The van der Waals surface area contributed by atoms with E-state index >= 15 is 0 Å². The fourth-order valence-electron chi connectivity index (χ4n) is 4.15. The minimum atomic E-state index is 0.216. The second-order valence-corrected chi connectivity index (χ2v) is 6.86. The average molecular weight is 293 g/mol. The van der Waals surface area contributed by atoms with E-state index < -0.39 is 0 Å². The van der Waals surface area contributed by atoms with E-state index in [1.54, 1.807) is 0 Å². The highest BCUT2D eigenvalue weighted by molar-refractivity contribution is 5.79. The van der Waals surface area contributed by atoms with E-state index in [2.05, 4.69) is 0 Å². The number of amides is 2. The summed E-state index contributed by atoms with van der Waals surface area (Å²) < 4.78 is 0. The van der Waals surface area contributed by atoms with Gasteiger partial charge in [-0.25, -0.2) is 0 Å². The van der Waals surface area contributed by atoms with Crippen molar-refractivity contribution in [2.75, 3.05) is 19.6 Å². The second-order valence-electron chi connectivity index (χ2n) is 6.86. The molecule has 5 heteroatoms. The molecule has 2 amide bonds. The van der Waals surface area contributed by atoms with Crippen LogP contribution in [0.5, 0.6) is 0 Å². The molecule has 118 valence electrons. The van der Waals surface area contributed by atoms with Crippen molar-refractivity contribution in [1.29, 1.82) is 0 Å². The molecule has 0 aromatic heterocycles. The smallest absolute Gasteiger partial charge is 0.222 e. The molecule has 1 aliphatic carbocycles. The van der Waals surface area contributed by atoms with Gasteiger partial charge in [-0.3, -0.25) is 9.59 Å². The van der Waals surface area contributed by atoms with Crippen LogP contribution in [0.4, 0.5) is 0 Å². The number of nitrogens with zero attached hydrogens (tertiary/aromatic N) is 2. The number of piperidine rings is 1. The number of likely N-dealkylation sites (tertiary alicyclic amines) is 2. The summed E-state index contributed by atoms with van der Waals surface area (Å²) in [7, 11) is 0. The van der Waals surface area contributed by atoms with Crippen molar-refractivity contribution in [3.8, 4) is 0 Å². The Morgan fingerprint density at radius 3 is 2.43 bits per heavy atom. The highest BCUT2D eigenvalue weighted by Gasteiger charge is 2.33. The number of carbonyl (C=O) groups is 2. The molecule has 3 aliphatic rings. The SMILES string of the molecule is N[C@@H]1CCC[C@H]1CC(=O)N1CCC(N2CCCC2=O)CC1. The Morgan fingerprint density at radius 2 is 1.86 bits per heavy atom. The number of hydrogen-bond acceptors (Lipinski definition) is 3. The van der Waals surface area contributed by atoms with Crippen molar-refractivity contribution in [1.82, 2.24) is 9.80 Å². The Morgan fingerprint density at radius 1 is 1.10 bits per heavy atom. The molecule has 2 aliphatic heterocycles. The molecule has 0 aromatic rings. The maximum absolute atomic E-state index is 12.4. The third-order valence-electron chi connectivity index (χ3n) is 5.52. The molecular weight excluding hydrogens is 266 g/mol. The summed E-state index contributed by atoms with van der Waals surface area (Å²) in [5.74, 6) is 0.954. The number of hydrogen-bond donors (Lipinski definition) is 1. The van der Waals surface area contributed by atoms with Crippen molar-refractivity contribution in [3.05, 3.63) is 0 Å². The summed E-state index contributed by atoms with van der Waals surface area (Å²) in [5, 5.41) is 0. The highest BCUT2D eigenvalue weighted by atomic mass is 16.2. The monoisotopic (exact) mass is 293 g/mol. The molecule has 1 saturated carbocycles. The van der Waals surface area contributed by atoms with Crippen LogP contribution < -0.4 is 5.73 Å². The molecule has 3 fully saturated rings. The molecule has 2 N–H and O–H groups in total. The van der Waals surface area contributed by atoms with Gasteiger partial charge in [-0.2, -0.15) is 0 Å². The first-order chi connectivity index (χ1) is 10.1. The topological polar surface area (TPSA) is 66.6 Å². The number of nitrogens with two attached hydrogens (primary N) is 1. The Bertz CT molecular complexity index is 404. The van der Waals surface area contributed by atoms with Gasteiger partial charge in [0.2, 0.25) is 11.8 Å². The minimum absolute atomic E-state index is 0.216. The maximum atomic E-state index is 12.4. The minimum Gasteiger partial charge on any atom is -0.343 e. The van der Waals surface area contributed by atoms with Gasteiger partial charge >= 0.3 is 0 Å². The van der Waals surface area contributed by atoms with E-state index in [0.29, 0.717) is 30.7 Å². The predicted molar refractivity (Wildman–Crippen MR) is 80.5 cm³/mol. The third-order valence-corrected chi connectivity index (χ3v) is 5.52. The third kappa shape index (κ3) is 3.23. The molecule has 0 radical (unpaired) electrons. The normalized spacial score (nSPS) is 31.2. The standard InChI is InChI=1S/C16H27N3O2/c17-14-4-1-3-12(14)11-16(21)18-9-6-13(7-10-18)19-8-2-5-15(19)20/h12-14H,1-11,17H2/t12-,14+/m0/s1. The van der Waals surface area contributed by atoms with Gasteiger partial charge in [0.15, 0.2) is 0 Å². The molecule has 0 bridgehead atoms. The summed E-state index contributed by atoms with van der Waals surface area (Å²) in [6.45, 7) is 2.51. The Hall–Kier alpha value is -1.10. The van der Waals surface area contributed by atoms with Crippen molar-refractivity contribution >= 4 is 11.8 Å². The lowest BCUT2D eigenvalue weighted by Crippen LogP contribution is -2.47. The zero-order valence-corrected chi connectivity index (χ0v) is 12.8. The lowest BCUT2D eigenvalue weighted by Gasteiger charge is -2.37. The van der Waals surface area contributed by atoms with Gasteiger partial charge in [0.1, 0.15) is 0 Å². The first-order valence-electron chi connectivity index (χ1n) is 8.48. The fraction of sp³-hybridized carbons (Fsp3) is 0.875. The Labute approximate surface area is 126 Å². The van der Waals surface area contributed by atoms with Crippen molar-refractivity contribution in [3.63, 3.8) is 0 Å². The highest BCUT2D eigenvalue weighted by Crippen LogP contribution is 2.28. The van der Waals surface area contributed by atoms with E-state index in [1.165, 1.54) is 0 Å². The second kappa shape index (κ2) is 6.34. The van der Waals surface area contributed by atoms with Crippen LogP contribution in [0.25, 0.3) is 0 Å². The molecule has 2 atom stereocenters. The summed E-state index contributed by atoms with van der Waals surface area (Å²) in [4.78, 5) is 28.2. The van der Waals surface area contributed by atoms with Crippen LogP contribution in [0.15, 0.2) is 0 Å². The van der Waals surface area contributed by atoms with Gasteiger partial charge < -0.3 is 15.5 Å². The van der Waals surface area contributed by atoms with E-state index in [1.807, 2.05) is 9.80 Å². The van der Waals surface area contributed by atoms with Crippen LogP contribution in [0.2, 0.25) is 0 Å². The quantitative estimate of drug-likeness (QED) is 0.848. The number of rotatable bonds is 3. The van der Waals surface area contributed by atoms with Gasteiger partial charge in [-0.05, 0) is 38.0 Å². The Kier molecular flexibility index (Phi) is 4.48. The predicted octanol–water partition coefficient (Wildman–Crippen LogP) is 1.12. The summed E-state index contributed by atoms with van der Waals surface area (Å²) >= 11 is 0. The van der Waals surface area contributed by atoms with E-state index in [-0.39, 0.29) is 11.9 Å². The molecule has 0 aromatic carbocycles. The van der Waals surface area contributed by atoms with Gasteiger partial charge in [0.05, 0.1) is 0 Å². The van der Waals surface area contributed by atoms with E-state index in [9.17, 15) is 9.59 Å². The number of carbonyl (C=O) groups excluding carboxylic acids is 2. The van der Waals surface area contributed by atoms with Crippen LogP contribution in [-0.4, -0.2) is 53.3 Å². The largest absolute Gasteiger partial charge is 0.343 e. The van der Waals surface area contributed by atoms with Crippen molar-refractivity contribution < 1.29 is 9.59 Å². The zero-order valence-electron chi connectivity index (χ0n) is 12.8. The average Bonchev–Trinajstić information content (AvgIpc) is 3.08. The van der Waals surface area contributed by atoms with Gasteiger partial charge in [0, 0.05) is 44.6 Å². The lowest BCUT2D eigenvalue weighted by molar-refractivity contribution is -0.135. The van der Waals surface area contributed by atoms with Crippen molar-refractivity contribution in [2.45, 2.75) is 63.5 Å². The molecule has 2 saturated heterocycles. The van der Waals surface area contributed by atoms with Crippen LogP contribution in [0, 0.1) is 5.92 Å². The van der Waals surface area contributed by atoms with E-state index in [4.69, 9.17) is 5.73 Å². The molecule has 21 heavy (non-hydrogen) atoms. The fourth-order valence-corrected chi connectivity index (χ4v) is 4.15. The van der Waals surface area contributed by atoms with Crippen molar-refractivity contribution in [2.24, 2.45) is 11.7 Å². The van der Waals surface area contributed by atoms with E-state index in [0.717, 1.165) is 58.2 Å². The van der Waals surface area contributed by atoms with Gasteiger partial charge in [-0.1, -0.05) is 6.42 Å². The molecule has 3 rings (SSSR count). The summed E-state index contributed by atoms with van der Waals surface area (Å²) in [6, 6.07) is 0.575. The molecule has 2 heterocycles. The van der Waals surface area contributed by atoms with Crippen LogP contribution >= 0.6 is 0 Å². The van der Waals surface area contributed by atoms with Gasteiger partial charge in [-0.15, -0.1) is 0 Å². The molecule has 5 nitrogen and oxygen atoms in total. The first-order valence-corrected chi connectivity index (χ1v) is 8.48. The van der Waals surface area contributed by atoms with Gasteiger partial charge in [0.25, 0.3) is 0 Å². The zero-order chi connectivity index (χ0) is 14.8. The Balaban J connectivity index is 1.46. The summed E-state index contributed by atoms with van der Waals surface area (Å²) in [5.41, 5.74) is 6.06. The van der Waals surface area contributed by atoms with Crippen LogP contribution in [0.1, 0.15) is 51.4 Å². The first kappa shape index (κ1) is 14.8. The summed E-state index contributed by atoms with van der Waals surface area (Å²) in [6.07, 6.45) is 7.54. The van der Waals surface area contributed by atoms with Crippen LogP contribution in [-0.2, 0) is 9.59 Å². The maximum Gasteiger partial charge on any atom is 0.222 e. The molecule has 0 spiro atoms. The molecule has 0 unspecified atom stereocenters. The lowest BCUT2D eigenvalue weighted by atomic mass is 9.97.